The van der Waals surface area contributed by atoms with E-state index in [0.29, 0.717) is 12.8 Å². The van der Waals surface area contributed by atoms with E-state index >= 15 is 0 Å². The molecule has 1 aliphatic heterocycles. The summed E-state index contributed by atoms with van der Waals surface area (Å²) in [4.78, 5) is 12.7. The van der Waals surface area contributed by atoms with Crippen molar-refractivity contribution in [3.05, 3.63) is 35.4 Å². The largest absolute Gasteiger partial charge is 0.317 e. The van der Waals surface area contributed by atoms with Gasteiger partial charge in [0.25, 0.3) is 0 Å². The first-order valence-corrected chi connectivity index (χ1v) is 6.79. The molecule has 0 aliphatic carbocycles. The van der Waals surface area contributed by atoms with Gasteiger partial charge in [-0.1, -0.05) is 13.3 Å². The van der Waals surface area contributed by atoms with Crippen molar-refractivity contribution in [3.63, 3.8) is 0 Å². The molecule has 1 aromatic rings. The molecule has 4 heteroatoms. The molecular weight excluding hydrogens is 248 g/mol. The summed E-state index contributed by atoms with van der Waals surface area (Å²) in [5, 5.41) is 3.21. The zero-order valence-corrected chi connectivity index (χ0v) is 11.1. The molecule has 19 heavy (non-hydrogen) atoms. The van der Waals surface area contributed by atoms with Gasteiger partial charge in [0.2, 0.25) is 0 Å². The lowest BCUT2D eigenvalue weighted by atomic mass is 9.70. The quantitative estimate of drug-likeness (QED) is 0.848. The average Bonchev–Trinajstić information content (AvgIpc) is 2.42. The van der Waals surface area contributed by atoms with E-state index in [1.807, 2.05) is 6.92 Å². The molecule has 1 fully saturated rings. The molecule has 0 unspecified atom stereocenters. The Morgan fingerprint density at radius 3 is 2.63 bits per heavy atom. The maximum Gasteiger partial charge on any atom is 0.172 e. The van der Waals surface area contributed by atoms with Crippen molar-refractivity contribution in [3.8, 4) is 0 Å². The highest BCUT2D eigenvalue weighted by molar-refractivity contribution is 6.00. The minimum absolute atomic E-state index is 0.102. The van der Waals surface area contributed by atoms with Crippen LogP contribution in [0.4, 0.5) is 8.78 Å². The topological polar surface area (TPSA) is 29.1 Å². The van der Waals surface area contributed by atoms with Crippen molar-refractivity contribution < 1.29 is 13.6 Å². The van der Waals surface area contributed by atoms with E-state index in [1.54, 1.807) is 0 Å². The van der Waals surface area contributed by atoms with Gasteiger partial charge in [0, 0.05) is 5.41 Å². The van der Waals surface area contributed by atoms with E-state index in [4.69, 9.17) is 0 Å². The molecule has 1 heterocycles. The Bertz CT molecular complexity index is 462. The smallest absolute Gasteiger partial charge is 0.172 e. The molecule has 0 amide bonds. The van der Waals surface area contributed by atoms with Crippen molar-refractivity contribution in [1.82, 2.24) is 5.32 Å². The molecule has 104 valence electrons. The highest BCUT2D eigenvalue weighted by Crippen LogP contribution is 2.38. The van der Waals surface area contributed by atoms with E-state index in [1.165, 1.54) is 0 Å². The Labute approximate surface area is 112 Å². The van der Waals surface area contributed by atoms with Crippen molar-refractivity contribution in [1.29, 1.82) is 0 Å². The highest BCUT2D eigenvalue weighted by atomic mass is 19.1. The summed E-state index contributed by atoms with van der Waals surface area (Å²) in [7, 11) is 0. The highest BCUT2D eigenvalue weighted by Gasteiger charge is 2.39. The molecule has 0 atom stereocenters. The van der Waals surface area contributed by atoms with Crippen molar-refractivity contribution >= 4 is 5.78 Å². The molecule has 0 spiro atoms. The molecule has 0 radical (unpaired) electrons. The van der Waals surface area contributed by atoms with Gasteiger partial charge in [0.1, 0.15) is 11.6 Å². The van der Waals surface area contributed by atoms with Crippen LogP contribution in [0.2, 0.25) is 0 Å². The maximum absolute atomic E-state index is 13.8. The second kappa shape index (κ2) is 5.78. The SMILES string of the molecule is CCCC1(C(=O)c2cc(F)ccc2F)CCNCC1. The molecule has 0 bridgehead atoms. The summed E-state index contributed by atoms with van der Waals surface area (Å²) in [5.74, 6) is -1.43. The zero-order chi connectivity index (χ0) is 13.9. The van der Waals surface area contributed by atoms with Crippen LogP contribution in [0, 0.1) is 17.0 Å². The lowest BCUT2D eigenvalue weighted by Gasteiger charge is -2.36. The Kier molecular flexibility index (Phi) is 4.30. The van der Waals surface area contributed by atoms with Gasteiger partial charge in [0.05, 0.1) is 5.56 Å². The molecule has 1 N–H and O–H groups in total. The third-order valence-corrected chi connectivity index (χ3v) is 3.94. The summed E-state index contributed by atoms with van der Waals surface area (Å²) in [6.45, 7) is 3.52. The number of nitrogens with one attached hydrogen (secondary N) is 1. The summed E-state index contributed by atoms with van der Waals surface area (Å²) in [6, 6.07) is 3.10. The van der Waals surface area contributed by atoms with Crippen LogP contribution in [-0.4, -0.2) is 18.9 Å². The normalized spacial score (nSPS) is 18.3. The summed E-state index contributed by atoms with van der Waals surface area (Å²) in [5.41, 5.74) is -0.635. The van der Waals surface area contributed by atoms with Gasteiger partial charge >= 0.3 is 0 Å². The first-order valence-electron chi connectivity index (χ1n) is 6.79. The standard InChI is InChI=1S/C15H19F2NO/c1-2-5-15(6-8-18-9-7-15)14(19)12-10-11(16)3-4-13(12)17/h3-4,10,18H,2,5-9H2,1H3. The number of hydrogen-bond donors (Lipinski definition) is 1. The third-order valence-electron chi connectivity index (χ3n) is 3.94. The first kappa shape index (κ1) is 14.1. The molecule has 1 aromatic carbocycles. The van der Waals surface area contributed by atoms with E-state index in [0.717, 1.165) is 44.1 Å². The third kappa shape index (κ3) is 2.84. The van der Waals surface area contributed by atoms with E-state index in [9.17, 15) is 13.6 Å². The zero-order valence-electron chi connectivity index (χ0n) is 11.1. The van der Waals surface area contributed by atoms with Crippen LogP contribution in [0.3, 0.4) is 0 Å². The van der Waals surface area contributed by atoms with Gasteiger partial charge in [-0.25, -0.2) is 8.78 Å². The van der Waals surface area contributed by atoms with E-state index < -0.39 is 17.0 Å². The number of carbonyl (C=O) groups is 1. The number of ketones is 1. The molecule has 2 rings (SSSR count). The average molecular weight is 267 g/mol. The molecule has 1 saturated heterocycles. The molecule has 1 aliphatic rings. The molecule has 0 saturated carbocycles. The van der Waals surface area contributed by atoms with Gasteiger partial charge in [-0.2, -0.15) is 0 Å². The predicted octanol–water partition coefficient (Wildman–Crippen LogP) is 3.32. The number of rotatable bonds is 4. The van der Waals surface area contributed by atoms with Gasteiger partial charge < -0.3 is 5.32 Å². The molecule has 0 aromatic heterocycles. The number of halogens is 2. The van der Waals surface area contributed by atoms with Gasteiger partial charge in [-0.3, -0.25) is 4.79 Å². The number of Topliss-reactive ketones (excluding diaryl/α,β-unsaturated/α-hetero) is 1. The van der Waals surface area contributed by atoms with Crippen molar-refractivity contribution in [2.45, 2.75) is 32.6 Å². The maximum atomic E-state index is 13.8. The van der Waals surface area contributed by atoms with Crippen LogP contribution >= 0.6 is 0 Å². The molecule has 2 nitrogen and oxygen atoms in total. The lowest BCUT2D eigenvalue weighted by Crippen LogP contribution is -2.42. The predicted molar refractivity (Wildman–Crippen MR) is 70.1 cm³/mol. The van der Waals surface area contributed by atoms with Gasteiger partial charge in [-0.05, 0) is 50.6 Å². The van der Waals surface area contributed by atoms with Gasteiger partial charge in [0.15, 0.2) is 5.78 Å². The minimum atomic E-state index is -0.625. The van der Waals surface area contributed by atoms with Crippen molar-refractivity contribution in [2.24, 2.45) is 5.41 Å². The Morgan fingerprint density at radius 2 is 2.00 bits per heavy atom. The fourth-order valence-electron chi connectivity index (χ4n) is 2.93. The first-order chi connectivity index (χ1) is 9.09. The monoisotopic (exact) mass is 267 g/mol. The van der Waals surface area contributed by atoms with E-state index in [2.05, 4.69) is 5.32 Å². The van der Waals surface area contributed by atoms with Gasteiger partial charge in [-0.15, -0.1) is 0 Å². The fraction of sp³-hybridized carbons (Fsp3) is 0.533. The van der Waals surface area contributed by atoms with Crippen LogP contribution in [0.5, 0.6) is 0 Å². The Morgan fingerprint density at radius 1 is 1.32 bits per heavy atom. The minimum Gasteiger partial charge on any atom is -0.317 e. The number of piperidine rings is 1. The van der Waals surface area contributed by atoms with Crippen LogP contribution in [0.15, 0.2) is 18.2 Å². The van der Waals surface area contributed by atoms with Crippen LogP contribution < -0.4 is 5.32 Å². The summed E-state index contributed by atoms with van der Waals surface area (Å²) < 4.78 is 27.0. The van der Waals surface area contributed by atoms with Crippen LogP contribution in [0.1, 0.15) is 43.0 Å². The Hall–Kier alpha value is -1.29. The number of benzene rings is 1. The summed E-state index contributed by atoms with van der Waals surface area (Å²) in [6.07, 6.45) is 2.97. The number of hydrogen-bond acceptors (Lipinski definition) is 2. The van der Waals surface area contributed by atoms with Crippen LogP contribution in [0.25, 0.3) is 0 Å². The van der Waals surface area contributed by atoms with E-state index in [-0.39, 0.29) is 11.3 Å². The second-order valence-electron chi connectivity index (χ2n) is 5.23. The number of carbonyl (C=O) groups excluding carboxylic acids is 1. The Balaban J connectivity index is 2.36. The second-order valence-corrected chi connectivity index (χ2v) is 5.23. The van der Waals surface area contributed by atoms with Crippen molar-refractivity contribution in [2.75, 3.05) is 13.1 Å². The fourth-order valence-corrected chi connectivity index (χ4v) is 2.93. The van der Waals surface area contributed by atoms with Crippen LogP contribution in [-0.2, 0) is 0 Å². The summed E-state index contributed by atoms with van der Waals surface area (Å²) >= 11 is 0. The molecular formula is C15H19F2NO. The lowest BCUT2D eigenvalue weighted by molar-refractivity contribution is 0.0699.